The second-order valence-corrected chi connectivity index (χ2v) is 6.74. The predicted octanol–water partition coefficient (Wildman–Crippen LogP) is 2.34. The number of carbonyl (C=O) groups is 1. The topological polar surface area (TPSA) is 88.0 Å². The molecule has 0 aliphatic heterocycles. The van der Waals surface area contributed by atoms with E-state index in [0.717, 1.165) is 11.4 Å². The van der Waals surface area contributed by atoms with E-state index in [9.17, 15) is 4.79 Å². The fourth-order valence-electron chi connectivity index (χ4n) is 2.75. The molecule has 25 heavy (non-hydrogen) atoms. The molecule has 134 valence electrons. The molecule has 0 aromatic carbocycles. The number of hydrogen-bond donors (Lipinski definition) is 2. The molecule has 2 N–H and O–H groups in total. The number of nitrogens with zero attached hydrogens (tertiary/aromatic N) is 5. The highest BCUT2D eigenvalue weighted by molar-refractivity contribution is 5.88. The van der Waals surface area contributed by atoms with Crippen molar-refractivity contribution in [2.45, 2.75) is 39.3 Å². The van der Waals surface area contributed by atoms with Gasteiger partial charge >= 0.3 is 6.03 Å². The van der Waals surface area contributed by atoms with Crippen LogP contribution in [0.5, 0.6) is 0 Å². The molecule has 0 radical (unpaired) electrons. The van der Waals surface area contributed by atoms with Crippen LogP contribution in [-0.4, -0.2) is 39.9 Å². The van der Waals surface area contributed by atoms with Crippen LogP contribution in [0.25, 0.3) is 0 Å². The minimum Gasteiger partial charge on any atom is -0.347 e. The molecule has 2 aromatic heterocycles. The molecule has 2 aromatic rings. The third-order valence-corrected chi connectivity index (χ3v) is 4.33. The van der Waals surface area contributed by atoms with Crippen molar-refractivity contribution in [2.75, 3.05) is 24.3 Å². The molecule has 2 heterocycles. The van der Waals surface area contributed by atoms with E-state index in [4.69, 9.17) is 0 Å². The molecule has 3 rings (SSSR count). The van der Waals surface area contributed by atoms with E-state index >= 15 is 0 Å². The van der Waals surface area contributed by atoms with Gasteiger partial charge in [-0.3, -0.25) is 5.32 Å². The van der Waals surface area contributed by atoms with E-state index in [-0.39, 0.29) is 6.03 Å². The van der Waals surface area contributed by atoms with Crippen LogP contribution in [0.3, 0.4) is 0 Å². The summed E-state index contributed by atoms with van der Waals surface area (Å²) in [6.07, 6.45) is 4.17. The van der Waals surface area contributed by atoms with Crippen LogP contribution < -0.4 is 15.5 Å². The zero-order chi connectivity index (χ0) is 18.0. The molecule has 2 amide bonds. The number of nitrogens with one attached hydrogen (secondary N) is 2. The molecule has 1 fully saturated rings. The fourth-order valence-corrected chi connectivity index (χ4v) is 2.75. The molecule has 1 atom stereocenters. The lowest BCUT2D eigenvalue weighted by Crippen LogP contribution is -2.30. The van der Waals surface area contributed by atoms with Gasteiger partial charge in [-0.05, 0) is 38.7 Å². The maximum Gasteiger partial charge on any atom is 0.320 e. The molecule has 8 heteroatoms. The molecule has 0 saturated heterocycles. The Kier molecular flexibility index (Phi) is 4.87. The predicted molar refractivity (Wildman–Crippen MR) is 96.6 cm³/mol. The van der Waals surface area contributed by atoms with Crippen LogP contribution in [0.1, 0.15) is 37.2 Å². The summed E-state index contributed by atoms with van der Waals surface area (Å²) >= 11 is 0. The Labute approximate surface area is 147 Å². The van der Waals surface area contributed by atoms with Crippen molar-refractivity contribution in [2.24, 2.45) is 5.92 Å². The van der Waals surface area contributed by atoms with E-state index in [1.54, 1.807) is 6.20 Å². The van der Waals surface area contributed by atoms with E-state index in [1.165, 1.54) is 12.8 Å². The quantitative estimate of drug-likeness (QED) is 0.840. The lowest BCUT2D eigenvalue weighted by atomic mass is 10.2. The maximum atomic E-state index is 12.2. The molecule has 8 nitrogen and oxygen atoms in total. The minimum absolute atomic E-state index is 0.271. The van der Waals surface area contributed by atoms with Crippen molar-refractivity contribution in [3.8, 4) is 0 Å². The smallest absolute Gasteiger partial charge is 0.320 e. The van der Waals surface area contributed by atoms with E-state index in [2.05, 4.69) is 32.6 Å². The van der Waals surface area contributed by atoms with Crippen LogP contribution in [0.15, 0.2) is 18.3 Å². The van der Waals surface area contributed by atoms with Crippen molar-refractivity contribution < 1.29 is 4.79 Å². The fraction of sp³-hybridized carbons (Fsp3) is 0.529. The van der Waals surface area contributed by atoms with Gasteiger partial charge in [-0.25, -0.2) is 19.4 Å². The lowest BCUT2D eigenvalue weighted by molar-refractivity contribution is 0.251. The number of carbonyl (C=O) groups excluding carboxylic acids is 1. The Morgan fingerprint density at radius 3 is 2.84 bits per heavy atom. The second kappa shape index (κ2) is 7.08. The molecule has 0 spiro atoms. The van der Waals surface area contributed by atoms with Crippen molar-refractivity contribution in [3.63, 3.8) is 0 Å². The maximum absolute atomic E-state index is 12.2. The van der Waals surface area contributed by atoms with E-state index in [0.29, 0.717) is 30.3 Å². The first-order valence-electron chi connectivity index (χ1n) is 8.54. The summed E-state index contributed by atoms with van der Waals surface area (Å²) in [4.78, 5) is 22.9. The number of urea groups is 1. The lowest BCUT2D eigenvalue weighted by Gasteiger charge is -2.16. The SMILES string of the molecule is Cc1cc(CNC(=O)Nc2ccnn2[C@H](C)C2CC2)nc(N(C)C)n1. The normalized spacial score (nSPS) is 14.9. The summed E-state index contributed by atoms with van der Waals surface area (Å²) in [6, 6.07) is 3.72. The molecular weight excluding hydrogens is 318 g/mol. The third kappa shape index (κ3) is 4.26. The Morgan fingerprint density at radius 1 is 1.40 bits per heavy atom. The Hall–Kier alpha value is -2.64. The van der Waals surface area contributed by atoms with Crippen LogP contribution in [0, 0.1) is 12.8 Å². The number of aromatic nitrogens is 4. The van der Waals surface area contributed by atoms with Gasteiger partial charge in [-0.15, -0.1) is 0 Å². The summed E-state index contributed by atoms with van der Waals surface area (Å²) in [5.74, 6) is 2.01. The first-order valence-corrected chi connectivity index (χ1v) is 8.54. The van der Waals surface area contributed by atoms with Crippen LogP contribution in [0.2, 0.25) is 0 Å². The Morgan fingerprint density at radius 2 is 2.16 bits per heavy atom. The number of hydrogen-bond acceptors (Lipinski definition) is 5. The largest absolute Gasteiger partial charge is 0.347 e. The van der Waals surface area contributed by atoms with Crippen molar-refractivity contribution >= 4 is 17.8 Å². The summed E-state index contributed by atoms with van der Waals surface area (Å²) in [6.45, 7) is 4.39. The van der Waals surface area contributed by atoms with Gasteiger partial charge in [0.25, 0.3) is 0 Å². The molecule has 0 bridgehead atoms. The molecule has 1 aliphatic carbocycles. The van der Waals surface area contributed by atoms with Gasteiger partial charge in [0, 0.05) is 25.9 Å². The first-order chi connectivity index (χ1) is 11.9. The third-order valence-electron chi connectivity index (χ3n) is 4.33. The van der Waals surface area contributed by atoms with Gasteiger partial charge in [0.1, 0.15) is 5.82 Å². The van der Waals surface area contributed by atoms with Crippen molar-refractivity contribution in [1.82, 2.24) is 25.1 Å². The zero-order valence-corrected chi connectivity index (χ0v) is 15.2. The van der Waals surface area contributed by atoms with Crippen molar-refractivity contribution in [1.29, 1.82) is 0 Å². The highest BCUT2D eigenvalue weighted by atomic mass is 16.2. The zero-order valence-electron chi connectivity index (χ0n) is 15.2. The van der Waals surface area contributed by atoms with Gasteiger partial charge in [-0.2, -0.15) is 5.10 Å². The van der Waals surface area contributed by atoms with E-state index in [1.807, 2.05) is 42.7 Å². The standard InChI is InChI=1S/C17H25N7O/c1-11-9-14(21-16(20-11)23(3)4)10-18-17(25)22-15-7-8-19-24(15)12(2)13-5-6-13/h7-9,12-13H,5-6,10H2,1-4H3,(H2,18,22,25)/t12-/m1/s1. The number of amides is 2. The average molecular weight is 343 g/mol. The van der Waals surface area contributed by atoms with Crippen molar-refractivity contribution in [3.05, 3.63) is 29.7 Å². The van der Waals surface area contributed by atoms with Gasteiger partial charge in [0.2, 0.25) is 5.95 Å². The molecule has 1 saturated carbocycles. The van der Waals surface area contributed by atoms with Gasteiger partial charge in [0.05, 0.1) is 24.5 Å². The summed E-state index contributed by atoms with van der Waals surface area (Å²) in [5.41, 5.74) is 1.64. The van der Waals surface area contributed by atoms with Gasteiger partial charge in [0.15, 0.2) is 0 Å². The summed E-state index contributed by atoms with van der Waals surface area (Å²) in [7, 11) is 3.78. The Balaban J connectivity index is 1.59. The average Bonchev–Trinajstić information content (AvgIpc) is 3.32. The minimum atomic E-state index is -0.271. The molecule has 1 aliphatic rings. The monoisotopic (exact) mass is 343 g/mol. The van der Waals surface area contributed by atoms with Crippen LogP contribution in [-0.2, 0) is 6.54 Å². The first kappa shape index (κ1) is 17.2. The van der Waals surface area contributed by atoms with Gasteiger partial charge in [-0.1, -0.05) is 0 Å². The van der Waals surface area contributed by atoms with E-state index < -0.39 is 0 Å². The van der Waals surface area contributed by atoms with Crippen LogP contribution in [0.4, 0.5) is 16.6 Å². The second-order valence-electron chi connectivity index (χ2n) is 6.74. The summed E-state index contributed by atoms with van der Waals surface area (Å²) in [5, 5.41) is 10.1. The van der Waals surface area contributed by atoms with Gasteiger partial charge < -0.3 is 10.2 Å². The highest BCUT2D eigenvalue weighted by Crippen LogP contribution is 2.40. The number of anilines is 2. The highest BCUT2D eigenvalue weighted by Gasteiger charge is 2.30. The number of aryl methyl sites for hydroxylation is 1. The Bertz CT molecular complexity index is 751. The van der Waals surface area contributed by atoms with Crippen LogP contribution >= 0.6 is 0 Å². The number of rotatable bonds is 6. The molecular formula is C17H25N7O. The summed E-state index contributed by atoms with van der Waals surface area (Å²) < 4.78 is 1.89. The molecule has 0 unspecified atom stereocenters.